The molecule has 1 saturated carbocycles. The van der Waals surface area contributed by atoms with Crippen LogP contribution in [-0.2, 0) is 19.6 Å². The van der Waals surface area contributed by atoms with E-state index < -0.39 is 5.79 Å². The fourth-order valence-electron chi connectivity index (χ4n) is 2.07. The van der Waals surface area contributed by atoms with E-state index in [-0.39, 0.29) is 0 Å². The van der Waals surface area contributed by atoms with Crippen LogP contribution in [0.2, 0.25) is 0 Å². The highest BCUT2D eigenvalue weighted by Gasteiger charge is 2.37. The van der Waals surface area contributed by atoms with Crippen LogP contribution in [0.4, 0.5) is 0 Å². The third-order valence-electron chi connectivity index (χ3n) is 2.99. The van der Waals surface area contributed by atoms with E-state index in [1.54, 1.807) is 0 Å². The molecule has 0 aromatic carbocycles. The third-order valence-corrected chi connectivity index (χ3v) is 2.99. The normalized spacial score (nSPS) is 28.8. The van der Waals surface area contributed by atoms with E-state index in [2.05, 4.69) is 0 Å². The summed E-state index contributed by atoms with van der Waals surface area (Å²) in [5.41, 5.74) is 0. The van der Waals surface area contributed by atoms with Crippen molar-refractivity contribution in [1.82, 2.24) is 0 Å². The maximum Gasteiger partial charge on any atom is 0.233 e. The van der Waals surface area contributed by atoms with Crippen LogP contribution < -0.4 is 0 Å². The van der Waals surface area contributed by atoms with Gasteiger partial charge in [-0.05, 0) is 32.1 Å². The predicted octanol–water partition coefficient (Wildman–Crippen LogP) is 2.73. The Morgan fingerprint density at radius 2 is 1.13 bits per heavy atom. The molecule has 2 aliphatic rings. The molecule has 1 aliphatic carbocycles. The first kappa shape index (κ1) is 11.3. The molecule has 1 saturated heterocycles. The number of rotatable bonds is 0. The minimum Gasteiger partial charge on any atom is -0.234 e. The Kier molecular flexibility index (Phi) is 4.38. The van der Waals surface area contributed by atoms with E-state index >= 15 is 0 Å². The van der Waals surface area contributed by atoms with Gasteiger partial charge in [0.05, 0.1) is 13.2 Å². The van der Waals surface area contributed by atoms with Crippen molar-refractivity contribution in [3.05, 3.63) is 0 Å². The lowest BCUT2D eigenvalue weighted by molar-refractivity contribution is -0.518. The van der Waals surface area contributed by atoms with Crippen molar-refractivity contribution in [3.8, 4) is 0 Å². The Bertz CT molecular complexity index is 165. The Labute approximate surface area is 90.7 Å². The lowest BCUT2D eigenvalue weighted by atomic mass is 9.94. The number of hydrogen-bond donors (Lipinski definition) is 0. The van der Waals surface area contributed by atoms with Gasteiger partial charge in [-0.25, -0.2) is 9.78 Å². The van der Waals surface area contributed by atoms with Gasteiger partial charge in [0.15, 0.2) is 0 Å². The molecule has 4 heteroatoms. The van der Waals surface area contributed by atoms with E-state index in [1.165, 1.54) is 6.42 Å². The van der Waals surface area contributed by atoms with E-state index in [0.29, 0.717) is 13.2 Å². The summed E-state index contributed by atoms with van der Waals surface area (Å²) in [6, 6.07) is 0. The maximum atomic E-state index is 5.40. The van der Waals surface area contributed by atoms with Crippen LogP contribution in [0.1, 0.15) is 51.4 Å². The topological polar surface area (TPSA) is 36.9 Å². The van der Waals surface area contributed by atoms with Crippen molar-refractivity contribution < 1.29 is 19.6 Å². The zero-order valence-corrected chi connectivity index (χ0v) is 9.20. The number of hydrogen-bond acceptors (Lipinski definition) is 4. The van der Waals surface area contributed by atoms with Crippen molar-refractivity contribution in [1.29, 1.82) is 0 Å². The summed E-state index contributed by atoms with van der Waals surface area (Å²) in [6.07, 6.45) is 8.37. The molecule has 0 amide bonds. The molecular formula is C11H20O4. The minimum atomic E-state index is -0.629. The lowest BCUT2D eigenvalue weighted by Gasteiger charge is -2.34. The molecule has 0 bridgehead atoms. The highest BCUT2D eigenvalue weighted by atomic mass is 17.3. The molecule has 88 valence electrons. The molecule has 4 nitrogen and oxygen atoms in total. The van der Waals surface area contributed by atoms with Crippen LogP contribution in [-0.4, -0.2) is 19.0 Å². The average molecular weight is 216 g/mol. The van der Waals surface area contributed by atoms with Crippen molar-refractivity contribution in [3.63, 3.8) is 0 Å². The molecule has 0 aromatic rings. The summed E-state index contributed by atoms with van der Waals surface area (Å²) in [5, 5.41) is 0. The van der Waals surface area contributed by atoms with E-state index in [1.807, 2.05) is 0 Å². The van der Waals surface area contributed by atoms with Crippen LogP contribution in [0, 0.1) is 0 Å². The van der Waals surface area contributed by atoms with Crippen molar-refractivity contribution >= 4 is 0 Å². The molecule has 2 rings (SSSR count). The smallest absolute Gasteiger partial charge is 0.233 e. The van der Waals surface area contributed by atoms with Gasteiger partial charge in [-0.1, -0.05) is 6.42 Å². The van der Waals surface area contributed by atoms with Gasteiger partial charge in [0.2, 0.25) is 5.79 Å². The van der Waals surface area contributed by atoms with E-state index in [4.69, 9.17) is 19.6 Å². The Morgan fingerprint density at radius 1 is 0.600 bits per heavy atom. The monoisotopic (exact) mass is 216 g/mol. The Hall–Kier alpha value is -0.160. The maximum absolute atomic E-state index is 5.40. The predicted molar refractivity (Wildman–Crippen MR) is 53.7 cm³/mol. The summed E-state index contributed by atoms with van der Waals surface area (Å²) in [7, 11) is 0. The van der Waals surface area contributed by atoms with Gasteiger partial charge in [0.1, 0.15) is 0 Å². The first-order valence-corrected chi connectivity index (χ1v) is 6.03. The standard InChI is InChI=1S/C11H20O4/c1-3-7-11(8-4-1)14-12-9-5-2-6-10-13-15-11/h1-10H2. The molecule has 0 N–H and O–H groups in total. The van der Waals surface area contributed by atoms with Crippen molar-refractivity contribution in [2.45, 2.75) is 57.2 Å². The van der Waals surface area contributed by atoms with Gasteiger partial charge in [0, 0.05) is 12.8 Å². The molecule has 1 spiro atoms. The molecule has 0 aromatic heterocycles. The second-order valence-corrected chi connectivity index (χ2v) is 4.34. The van der Waals surface area contributed by atoms with Crippen LogP contribution in [0.5, 0.6) is 0 Å². The lowest BCUT2D eigenvalue weighted by Crippen LogP contribution is -2.38. The first-order chi connectivity index (χ1) is 7.41. The van der Waals surface area contributed by atoms with Crippen molar-refractivity contribution in [2.24, 2.45) is 0 Å². The van der Waals surface area contributed by atoms with E-state index in [9.17, 15) is 0 Å². The van der Waals surface area contributed by atoms with Gasteiger partial charge in [-0.2, -0.15) is 9.78 Å². The van der Waals surface area contributed by atoms with Gasteiger partial charge < -0.3 is 0 Å². The van der Waals surface area contributed by atoms with Gasteiger partial charge >= 0.3 is 0 Å². The molecule has 15 heavy (non-hydrogen) atoms. The molecule has 0 atom stereocenters. The zero-order chi connectivity index (χ0) is 10.4. The highest BCUT2D eigenvalue weighted by Crippen LogP contribution is 2.33. The molecule has 2 fully saturated rings. The molecular weight excluding hydrogens is 196 g/mol. The molecule has 0 radical (unpaired) electrons. The third kappa shape index (κ3) is 3.41. The Balaban J connectivity index is 1.87. The second-order valence-electron chi connectivity index (χ2n) is 4.34. The van der Waals surface area contributed by atoms with Gasteiger partial charge in [-0.3, -0.25) is 0 Å². The zero-order valence-electron chi connectivity index (χ0n) is 9.20. The minimum absolute atomic E-state index is 0.629. The molecule has 1 aliphatic heterocycles. The fourth-order valence-corrected chi connectivity index (χ4v) is 2.07. The van der Waals surface area contributed by atoms with Gasteiger partial charge in [-0.15, -0.1) is 0 Å². The molecule has 1 heterocycles. The average Bonchev–Trinajstić information content (AvgIpc) is 2.29. The van der Waals surface area contributed by atoms with E-state index in [0.717, 1.165) is 44.9 Å². The SMILES string of the molecule is C1CCOOC2(CCCCC2)OOCC1. The quantitative estimate of drug-likeness (QED) is 0.583. The largest absolute Gasteiger partial charge is 0.234 e. The summed E-state index contributed by atoms with van der Waals surface area (Å²) in [5.74, 6) is -0.629. The van der Waals surface area contributed by atoms with Crippen LogP contribution in [0.3, 0.4) is 0 Å². The summed E-state index contributed by atoms with van der Waals surface area (Å²) in [6.45, 7) is 1.32. The van der Waals surface area contributed by atoms with Crippen LogP contribution >= 0.6 is 0 Å². The van der Waals surface area contributed by atoms with Gasteiger partial charge in [0.25, 0.3) is 0 Å². The van der Waals surface area contributed by atoms with Crippen LogP contribution in [0.25, 0.3) is 0 Å². The molecule has 0 unspecified atom stereocenters. The second kappa shape index (κ2) is 5.80. The summed E-state index contributed by atoms with van der Waals surface area (Å²) in [4.78, 5) is 21.2. The Morgan fingerprint density at radius 3 is 1.73 bits per heavy atom. The summed E-state index contributed by atoms with van der Waals surface area (Å²) < 4.78 is 0. The summed E-state index contributed by atoms with van der Waals surface area (Å²) >= 11 is 0. The highest BCUT2D eigenvalue weighted by molar-refractivity contribution is 4.72. The first-order valence-electron chi connectivity index (χ1n) is 6.03. The van der Waals surface area contributed by atoms with Crippen molar-refractivity contribution in [2.75, 3.05) is 13.2 Å². The van der Waals surface area contributed by atoms with Crippen LogP contribution in [0.15, 0.2) is 0 Å². The fraction of sp³-hybridized carbons (Fsp3) is 1.00.